The fraction of sp³-hybridized carbons (Fsp3) is 0.500. The van der Waals surface area contributed by atoms with Crippen LogP contribution in [0.5, 0.6) is 5.75 Å². The normalized spacial score (nSPS) is 14.9. The van der Waals surface area contributed by atoms with Gasteiger partial charge < -0.3 is 24.7 Å². The predicted molar refractivity (Wildman–Crippen MR) is 128 cm³/mol. The lowest BCUT2D eigenvalue weighted by Crippen LogP contribution is -2.43. The summed E-state index contributed by atoms with van der Waals surface area (Å²) in [5.74, 6) is 2.69. The molecule has 1 aromatic carbocycles. The van der Waals surface area contributed by atoms with Gasteiger partial charge in [-0.15, -0.1) is 24.0 Å². The van der Waals surface area contributed by atoms with E-state index in [2.05, 4.69) is 27.7 Å². The minimum atomic E-state index is 0. The van der Waals surface area contributed by atoms with E-state index < -0.39 is 0 Å². The molecule has 1 fully saturated rings. The predicted octanol–water partition coefficient (Wildman–Crippen LogP) is 3.67. The Morgan fingerprint density at radius 3 is 2.52 bits per heavy atom. The van der Waals surface area contributed by atoms with Crippen LogP contribution >= 0.6 is 24.0 Å². The molecule has 1 aromatic heterocycles. The number of guanidine groups is 1. The molecule has 2 heterocycles. The topological polar surface area (TPSA) is 62.0 Å². The van der Waals surface area contributed by atoms with Crippen LogP contribution in [0.2, 0.25) is 0 Å². The summed E-state index contributed by atoms with van der Waals surface area (Å²) in [4.78, 5) is 7.28. The maximum Gasteiger partial charge on any atom is 0.191 e. The third-order valence-corrected chi connectivity index (χ3v) is 4.99. The van der Waals surface area contributed by atoms with E-state index in [1.54, 1.807) is 13.4 Å². The average Bonchev–Trinajstić information content (AvgIpc) is 3.26. The highest BCUT2D eigenvalue weighted by Gasteiger charge is 2.09. The van der Waals surface area contributed by atoms with Crippen molar-refractivity contribution in [2.45, 2.75) is 32.2 Å². The number of likely N-dealkylation sites (tertiary alicyclic amines) is 1. The fourth-order valence-corrected chi connectivity index (χ4v) is 3.35. The van der Waals surface area contributed by atoms with Gasteiger partial charge in [-0.1, -0.05) is 18.6 Å². The summed E-state index contributed by atoms with van der Waals surface area (Å²) in [6.07, 6.45) is 6.56. The smallest absolute Gasteiger partial charge is 0.191 e. The molecule has 1 aliphatic rings. The third kappa shape index (κ3) is 8.65. The summed E-state index contributed by atoms with van der Waals surface area (Å²) < 4.78 is 10.6. The molecular weight excluding hydrogens is 479 g/mol. The number of methoxy groups -OCH3 is 1. The number of nitrogens with zero attached hydrogens (tertiary/aromatic N) is 2. The minimum Gasteiger partial charge on any atom is -0.497 e. The molecular formula is C22H33IN4O2. The first-order valence-corrected chi connectivity index (χ1v) is 10.2. The number of hydrogen-bond donors (Lipinski definition) is 2. The van der Waals surface area contributed by atoms with Crippen molar-refractivity contribution in [2.24, 2.45) is 4.99 Å². The van der Waals surface area contributed by atoms with Crippen LogP contribution in [-0.4, -0.2) is 50.7 Å². The molecule has 0 atom stereocenters. The number of rotatable bonds is 9. The number of ether oxygens (including phenoxy) is 1. The number of halogens is 1. The molecule has 1 aliphatic heterocycles. The molecule has 0 radical (unpaired) electrons. The van der Waals surface area contributed by atoms with E-state index in [4.69, 9.17) is 14.1 Å². The first-order chi connectivity index (χ1) is 13.8. The Kier molecular flexibility index (Phi) is 10.9. The van der Waals surface area contributed by atoms with Gasteiger partial charge in [0.2, 0.25) is 0 Å². The number of aliphatic imine (C=N–C) groups is 1. The number of piperidine rings is 1. The standard InChI is InChI=1S/C22H32N4O2.HI/c1-27-20-9-7-19(8-10-20)18-25-22(23-12-11-21-6-5-17-28-21)24-13-16-26-14-3-2-4-15-26;/h5-10,17H,2-4,11-16,18H2,1H3,(H2,23,24,25);1H. The summed E-state index contributed by atoms with van der Waals surface area (Å²) in [7, 11) is 1.68. The summed E-state index contributed by atoms with van der Waals surface area (Å²) >= 11 is 0. The number of furan rings is 1. The van der Waals surface area contributed by atoms with Crippen molar-refractivity contribution in [1.29, 1.82) is 0 Å². The van der Waals surface area contributed by atoms with Gasteiger partial charge in [0, 0.05) is 26.1 Å². The van der Waals surface area contributed by atoms with Crippen molar-refractivity contribution in [3.63, 3.8) is 0 Å². The van der Waals surface area contributed by atoms with Crippen LogP contribution in [0.25, 0.3) is 0 Å². The summed E-state index contributed by atoms with van der Waals surface area (Å²) in [5, 5.41) is 6.91. The molecule has 3 rings (SSSR count). The number of hydrogen-bond acceptors (Lipinski definition) is 4. The van der Waals surface area contributed by atoms with Gasteiger partial charge in [-0.3, -0.25) is 0 Å². The molecule has 0 aliphatic carbocycles. The highest BCUT2D eigenvalue weighted by Crippen LogP contribution is 2.12. The molecule has 2 aromatic rings. The number of benzene rings is 1. The van der Waals surface area contributed by atoms with Gasteiger partial charge in [0.25, 0.3) is 0 Å². The van der Waals surface area contributed by atoms with Gasteiger partial charge in [0.05, 0.1) is 19.9 Å². The monoisotopic (exact) mass is 512 g/mol. The molecule has 0 spiro atoms. The van der Waals surface area contributed by atoms with Gasteiger partial charge >= 0.3 is 0 Å². The molecule has 0 amide bonds. The Bertz CT molecular complexity index is 698. The van der Waals surface area contributed by atoms with Crippen molar-refractivity contribution in [3.05, 3.63) is 54.0 Å². The van der Waals surface area contributed by atoms with Gasteiger partial charge in [-0.2, -0.15) is 0 Å². The molecule has 2 N–H and O–H groups in total. The van der Waals surface area contributed by atoms with Crippen LogP contribution in [0, 0.1) is 0 Å². The Morgan fingerprint density at radius 1 is 1.07 bits per heavy atom. The maximum absolute atomic E-state index is 5.41. The highest BCUT2D eigenvalue weighted by atomic mass is 127. The second-order valence-corrected chi connectivity index (χ2v) is 7.10. The van der Waals surface area contributed by atoms with E-state index >= 15 is 0 Å². The van der Waals surface area contributed by atoms with Crippen LogP contribution in [0.15, 0.2) is 52.1 Å². The van der Waals surface area contributed by atoms with Gasteiger partial charge in [0.15, 0.2) is 5.96 Å². The van der Waals surface area contributed by atoms with Crippen LogP contribution in [0.3, 0.4) is 0 Å². The SMILES string of the molecule is COc1ccc(CN=C(NCCc2ccco2)NCCN2CCCCC2)cc1.I. The van der Waals surface area contributed by atoms with E-state index in [0.29, 0.717) is 6.54 Å². The van der Waals surface area contributed by atoms with Crippen molar-refractivity contribution in [1.82, 2.24) is 15.5 Å². The van der Waals surface area contributed by atoms with E-state index in [-0.39, 0.29) is 24.0 Å². The van der Waals surface area contributed by atoms with E-state index in [9.17, 15) is 0 Å². The molecule has 0 unspecified atom stereocenters. The summed E-state index contributed by atoms with van der Waals surface area (Å²) in [6.45, 7) is 5.80. The molecule has 6 nitrogen and oxygen atoms in total. The zero-order valence-electron chi connectivity index (χ0n) is 17.2. The molecule has 1 saturated heterocycles. The van der Waals surface area contributed by atoms with Gasteiger partial charge in [-0.05, 0) is 55.8 Å². The van der Waals surface area contributed by atoms with Crippen LogP contribution in [0.4, 0.5) is 0 Å². The van der Waals surface area contributed by atoms with Crippen LogP contribution < -0.4 is 15.4 Å². The van der Waals surface area contributed by atoms with E-state index in [1.807, 2.05) is 24.3 Å². The quantitative estimate of drug-likeness (QED) is 0.305. The highest BCUT2D eigenvalue weighted by molar-refractivity contribution is 14.0. The zero-order valence-corrected chi connectivity index (χ0v) is 19.6. The molecule has 7 heteroatoms. The van der Waals surface area contributed by atoms with Crippen LogP contribution in [0.1, 0.15) is 30.6 Å². The van der Waals surface area contributed by atoms with E-state index in [0.717, 1.165) is 49.1 Å². The summed E-state index contributed by atoms with van der Waals surface area (Å²) in [6, 6.07) is 12.0. The largest absolute Gasteiger partial charge is 0.497 e. The Morgan fingerprint density at radius 2 is 1.83 bits per heavy atom. The number of nitrogens with one attached hydrogen (secondary N) is 2. The van der Waals surface area contributed by atoms with Crippen molar-refractivity contribution in [3.8, 4) is 5.75 Å². The Hall–Kier alpha value is -1.74. The first-order valence-electron chi connectivity index (χ1n) is 10.2. The average molecular weight is 512 g/mol. The molecule has 29 heavy (non-hydrogen) atoms. The van der Waals surface area contributed by atoms with E-state index in [1.165, 1.54) is 32.4 Å². The van der Waals surface area contributed by atoms with Gasteiger partial charge in [-0.25, -0.2) is 4.99 Å². The van der Waals surface area contributed by atoms with Crippen molar-refractivity contribution >= 4 is 29.9 Å². The van der Waals surface area contributed by atoms with Crippen molar-refractivity contribution in [2.75, 3.05) is 39.8 Å². The third-order valence-electron chi connectivity index (χ3n) is 4.99. The second-order valence-electron chi connectivity index (χ2n) is 7.10. The molecule has 0 bridgehead atoms. The van der Waals surface area contributed by atoms with Crippen molar-refractivity contribution < 1.29 is 9.15 Å². The Labute approximate surface area is 191 Å². The fourth-order valence-electron chi connectivity index (χ4n) is 3.35. The minimum absolute atomic E-state index is 0. The summed E-state index contributed by atoms with van der Waals surface area (Å²) in [5.41, 5.74) is 1.16. The molecule has 0 saturated carbocycles. The lowest BCUT2D eigenvalue weighted by atomic mass is 10.1. The lowest BCUT2D eigenvalue weighted by molar-refractivity contribution is 0.232. The van der Waals surface area contributed by atoms with Gasteiger partial charge in [0.1, 0.15) is 11.5 Å². The molecule has 160 valence electrons. The lowest BCUT2D eigenvalue weighted by Gasteiger charge is -2.26. The first kappa shape index (κ1) is 23.5. The second kappa shape index (κ2) is 13.5. The Balaban J connectivity index is 0.00000300. The van der Waals surface area contributed by atoms with Crippen LogP contribution in [-0.2, 0) is 13.0 Å². The zero-order chi connectivity index (χ0) is 19.4. The maximum atomic E-state index is 5.41.